The van der Waals surface area contributed by atoms with Gasteiger partial charge in [-0.05, 0) is 57.0 Å². The van der Waals surface area contributed by atoms with Gasteiger partial charge in [0.15, 0.2) is 0 Å². The molecule has 0 saturated carbocycles. The lowest BCUT2D eigenvalue weighted by atomic mass is 10.1. The van der Waals surface area contributed by atoms with E-state index in [0.29, 0.717) is 6.54 Å². The summed E-state index contributed by atoms with van der Waals surface area (Å²) < 4.78 is 10.8. The summed E-state index contributed by atoms with van der Waals surface area (Å²) in [4.78, 5) is 27.5. The van der Waals surface area contributed by atoms with Gasteiger partial charge in [-0.1, -0.05) is 43.7 Å². The van der Waals surface area contributed by atoms with Crippen LogP contribution in [0.3, 0.4) is 0 Å². The minimum absolute atomic E-state index is 0.313. The molecule has 2 aromatic rings. The molecule has 0 N–H and O–H groups in total. The van der Waals surface area contributed by atoms with Crippen LogP contribution in [0.25, 0.3) is 10.8 Å². The first kappa shape index (κ1) is 21.7. The smallest absolute Gasteiger partial charge is 0.340 e. The maximum atomic E-state index is 12.9. The highest BCUT2D eigenvalue weighted by Crippen LogP contribution is 2.25. The van der Waals surface area contributed by atoms with Crippen molar-refractivity contribution in [1.29, 1.82) is 0 Å². The maximum absolute atomic E-state index is 12.9. The number of hydrogen-bond donors (Lipinski definition) is 0. The predicted molar refractivity (Wildman–Crippen MR) is 112 cm³/mol. The number of carbonyl (C=O) groups is 2. The maximum Gasteiger partial charge on any atom is 0.340 e. The van der Waals surface area contributed by atoms with Crippen molar-refractivity contribution in [1.82, 2.24) is 0 Å². The predicted octanol–water partition coefficient (Wildman–Crippen LogP) is 4.72. The van der Waals surface area contributed by atoms with Crippen molar-refractivity contribution < 1.29 is 19.1 Å². The van der Waals surface area contributed by atoms with Gasteiger partial charge in [-0.2, -0.15) is 0 Å². The van der Waals surface area contributed by atoms with E-state index in [0.717, 1.165) is 29.3 Å². The number of unbranched alkanes of at least 4 members (excludes halogenated alkanes) is 1. The van der Waals surface area contributed by atoms with E-state index in [-0.39, 0.29) is 12.2 Å². The molecule has 0 aliphatic carbocycles. The van der Waals surface area contributed by atoms with Crippen molar-refractivity contribution in [2.45, 2.75) is 65.7 Å². The van der Waals surface area contributed by atoms with E-state index in [4.69, 9.17) is 9.47 Å². The zero-order valence-electron chi connectivity index (χ0n) is 17.5. The highest BCUT2D eigenvalue weighted by Gasteiger charge is 2.37. The normalized spacial score (nSPS) is 11.3. The lowest BCUT2D eigenvalue weighted by molar-refractivity contribution is -0.161. The summed E-state index contributed by atoms with van der Waals surface area (Å²) in [5, 5.41) is 2.16. The quantitative estimate of drug-likeness (QED) is 0.462. The van der Waals surface area contributed by atoms with Crippen molar-refractivity contribution in [2.24, 2.45) is 0 Å². The SMILES string of the molecule is CCCCN(c1ccc2ccccc2c1)C(C(=O)OC(C)C)C(=O)OC(C)C. The molecule has 5 nitrogen and oxygen atoms in total. The van der Waals surface area contributed by atoms with Gasteiger partial charge in [-0.3, -0.25) is 0 Å². The Bertz CT molecular complexity index is 778. The first-order valence-electron chi connectivity index (χ1n) is 10.00. The van der Waals surface area contributed by atoms with E-state index in [1.807, 2.05) is 47.4 Å². The molecular weight excluding hydrogens is 354 g/mol. The Balaban J connectivity index is 2.47. The van der Waals surface area contributed by atoms with Crippen LogP contribution in [0.2, 0.25) is 0 Å². The third-order valence-corrected chi connectivity index (χ3v) is 4.28. The van der Waals surface area contributed by atoms with Gasteiger partial charge in [0.25, 0.3) is 0 Å². The Morgan fingerprint density at radius 2 is 1.46 bits per heavy atom. The van der Waals surface area contributed by atoms with Gasteiger partial charge in [-0.25, -0.2) is 9.59 Å². The minimum atomic E-state index is -1.13. The average Bonchev–Trinajstić information content (AvgIpc) is 2.63. The van der Waals surface area contributed by atoms with Crippen LogP contribution in [0.4, 0.5) is 5.69 Å². The lowest BCUT2D eigenvalue weighted by Gasteiger charge is -2.32. The molecular formula is C23H31NO4. The van der Waals surface area contributed by atoms with Crippen molar-refractivity contribution in [3.05, 3.63) is 42.5 Å². The fourth-order valence-electron chi connectivity index (χ4n) is 3.04. The molecule has 5 heteroatoms. The van der Waals surface area contributed by atoms with Crippen LogP contribution in [-0.2, 0) is 19.1 Å². The van der Waals surface area contributed by atoms with E-state index in [9.17, 15) is 9.59 Å². The van der Waals surface area contributed by atoms with Crippen molar-refractivity contribution >= 4 is 28.4 Å². The van der Waals surface area contributed by atoms with Crippen LogP contribution in [0, 0.1) is 0 Å². The summed E-state index contributed by atoms with van der Waals surface area (Å²) in [6, 6.07) is 12.8. The zero-order valence-corrected chi connectivity index (χ0v) is 17.5. The van der Waals surface area contributed by atoms with Gasteiger partial charge in [0.2, 0.25) is 6.04 Å². The molecule has 0 spiro atoms. The van der Waals surface area contributed by atoms with Crippen LogP contribution in [-0.4, -0.2) is 36.7 Å². The molecule has 0 heterocycles. The molecule has 0 aromatic heterocycles. The van der Waals surface area contributed by atoms with Crippen LogP contribution in [0.5, 0.6) is 0 Å². The van der Waals surface area contributed by atoms with E-state index < -0.39 is 18.0 Å². The summed E-state index contributed by atoms with van der Waals surface area (Å²) in [5.41, 5.74) is 0.804. The summed E-state index contributed by atoms with van der Waals surface area (Å²) in [5.74, 6) is -1.16. The number of rotatable bonds is 9. The second kappa shape index (κ2) is 10.1. The van der Waals surface area contributed by atoms with E-state index in [2.05, 4.69) is 6.92 Å². The second-order valence-corrected chi connectivity index (χ2v) is 7.45. The highest BCUT2D eigenvalue weighted by molar-refractivity contribution is 6.03. The summed E-state index contributed by atoms with van der Waals surface area (Å²) in [7, 11) is 0. The van der Waals surface area contributed by atoms with Gasteiger partial charge in [0.1, 0.15) is 0 Å². The van der Waals surface area contributed by atoms with Gasteiger partial charge in [0.05, 0.1) is 12.2 Å². The number of esters is 2. The van der Waals surface area contributed by atoms with E-state index in [1.165, 1.54) is 0 Å². The van der Waals surface area contributed by atoms with Crippen LogP contribution < -0.4 is 4.90 Å². The largest absolute Gasteiger partial charge is 0.461 e. The molecule has 0 bridgehead atoms. The molecule has 0 atom stereocenters. The molecule has 28 heavy (non-hydrogen) atoms. The molecule has 0 aliphatic heterocycles. The first-order valence-corrected chi connectivity index (χ1v) is 10.00. The van der Waals surface area contributed by atoms with Crippen LogP contribution >= 0.6 is 0 Å². The Morgan fingerprint density at radius 3 is 2.00 bits per heavy atom. The third kappa shape index (κ3) is 5.72. The molecule has 0 fully saturated rings. The number of nitrogens with zero attached hydrogens (tertiary/aromatic N) is 1. The standard InChI is InChI=1S/C23H31NO4/c1-6-7-14-24(20-13-12-18-10-8-9-11-19(18)15-20)21(22(25)27-16(2)3)23(26)28-17(4)5/h8-13,15-17,21H,6-7,14H2,1-5H3. The molecule has 2 rings (SSSR count). The summed E-state index contributed by atoms with van der Waals surface area (Å²) in [6.45, 7) is 9.72. The van der Waals surface area contributed by atoms with Crippen LogP contribution in [0.15, 0.2) is 42.5 Å². The minimum Gasteiger partial charge on any atom is -0.461 e. The highest BCUT2D eigenvalue weighted by atomic mass is 16.6. The monoisotopic (exact) mass is 385 g/mol. The van der Waals surface area contributed by atoms with E-state index >= 15 is 0 Å². The molecule has 0 unspecified atom stereocenters. The summed E-state index contributed by atoms with van der Waals surface area (Å²) >= 11 is 0. The topological polar surface area (TPSA) is 55.8 Å². The number of carbonyl (C=O) groups excluding carboxylic acids is 2. The fourth-order valence-corrected chi connectivity index (χ4v) is 3.04. The molecule has 2 aromatic carbocycles. The first-order chi connectivity index (χ1) is 13.3. The van der Waals surface area contributed by atoms with Gasteiger partial charge >= 0.3 is 11.9 Å². The molecule has 0 amide bonds. The zero-order chi connectivity index (χ0) is 20.7. The number of fused-ring (bicyclic) bond motifs is 1. The molecule has 0 saturated heterocycles. The van der Waals surface area contributed by atoms with Crippen molar-refractivity contribution in [2.75, 3.05) is 11.4 Å². The van der Waals surface area contributed by atoms with Gasteiger partial charge in [0, 0.05) is 12.2 Å². The Labute approximate surface area is 167 Å². The second-order valence-electron chi connectivity index (χ2n) is 7.45. The number of hydrogen-bond acceptors (Lipinski definition) is 5. The third-order valence-electron chi connectivity index (χ3n) is 4.28. The van der Waals surface area contributed by atoms with Crippen molar-refractivity contribution in [3.63, 3.8) is 0 Å². The Morgan fingerprint density at radius 1 is 0.893 bits per heavy atom. The van der Waals surface area contributed by atoms with E-state index in [1.54, 1.807) is 27.7 Å². The number of ether oxygens (including phenoxy) is 2. The number of anilines is 1. The molecule has 0 radical (unpaired) electrons. The van der Waals surface area contributed by atoms with Gasteiger partial charge in [-0.15, -0.1) is 0 Å². The molecule has 0 aliphatic rings. The van der Waals surface area contributed by atoms with Crippen LogP contribution in [0.1, 0.15) is 47.5 Å². The Kier molecular flexibility index (Phi) is 7.85. The lowest BCUT2D eigenvalue weighted by Crippen LogP contribution is -2.50. The number of benzene rings is 2. The van der Waals surface area contributed by atoms with Gasteiger partial charge < -0.3 is 14.4 Å². The Hall–Kier alpha value is -2.56. The average molecular weight is 386 g/mol. The fraction of sp³-hybridized carbons (Fsp3) is 0.478. The molecule has 152 valence electrons. The summed E-state index contributed by atoms with van der Waals surface area (Å²) in [6.07, 6.45) is 1.15. The van der Waals surface area contributed by atoms with Crippen molar-refractivity contribution in [3.8, 4) is 0 Å².